The van der Waals surface area contributed by atoms with Crippen LogP contribution in [0.15, 0.2) is 18.2 Å². The number of hydrogen-bond donors (Lipinski definition) is 2. The van der Waals surface area contributed by atoms with E-state index in [2.05, 4.69) is 0 Å². The summed E-state index contributed by atoms with van der Waals surface area (Å²) in [6.45, 7) is 2.06. The highest BCUT2D eigenvalue weighted by Crippen LogP contribution is 2.35. The van der Waals surface area contributed by atoms with Crippen LogP contribution in [0.25, 0.3) is 0 Å². The maximum atomic E-state index is 11.2. The standard InChI is InChI=1S/C13H16O6/c1-2-17-12(15)6-9(14)13(16)8-3-4-10-11(5-8)19-7-18-10/h3-5,9,13-14,16H,2,6-7H2,1H3. The summed E-state index contributed by atoms with van der Waals surface area (Å²) in [6.07, 6.45) is -2.66. The van der Waals surface area contributed by atoms with Gasteiger partial charge in [-0.15, -0.1) is 0 Å². The fourth-order valence-electron chi connectivity index (χ4n) is 1.82. The number of benzene rings is 1. The van der Waals surface area contributed by atoms with Gasteiger partial charge in [-0.25, -0.2) is 0 Å². The zero-order chi connectivity index (χ0) is 13.8. The predicted octanol–water partition coefficient (Wildman–Crippen LogP) is 0.763. The van der Waals surface area contributed by atoms with Crippen LogP contribution in [0.5, 0.6) is 11.5 Å². The molecule has 104 valence electrons. The number of ether oxygens (including phenoxy) is 3. The van der Waals surface area contributed by atoms with Crippen molar-refractivity contribution in [2.24, 2.45) is 0 Å². The molecule has 2 unspecified atom stereocenters. The van der Waals surface area contributed by atoms with Gasteiger partial charge in [-0.1, -0.05) is 6.07 Å². The molecule has 0 radical (unpaired) electrons. The average molecular weight is 268 g/mol. The first kappa shape index (κ1) is 13.6. The molecule has 0 fully saturated rings. The van der Waals surface area contributed by atoms with Crippen LogP contribution in [0.2, 0.25) is 0 Å². The average Bonchev–Trinajstić information content (AvgIpc) is 2.85. The van der Waals surface area contributed by atoms with E-state index in [1.54, 1.807) is 25.1 Å². The predicted molar refractivity (Wildman–Crippen MR) is 64.8 cm³/mol. The number of esters is 1. The summed E-state index contributed by atoms with van der Waals surface area (Å²) >= 11 is 0. The van der Waals surface area contributed by atoms with Crippen molar-refractivity contribution < 1.29 is 29.2 Å². The zero-order valence-electron chi connectivity index (χ0n) is 10.5. The Kier molecular flexibility index (Phi) is 4.24. The van der Waals surface area contributed by atoms with Crippen molar-refractivity contribution in [2.75, 3.05) is 13.4 Å². The quantitative estimate of drug-likeness (QED) is 0.767. The Hall–Kier alpha value is -1.79. The molecule has 2 rings (SSSR count). The molecule has 2 atom stereocenters. The molecular weight excluding hydrogens is 252 g/mol. The van der Waals surface area contributed by atoms with Gasteiger partial charge in [0.15, 0.2) is 11.5 Å². The summed E-state index contributed by atoms with van der Waals surface area (Å²) in [6, 6.07) is 4.85. The number of hydrogen-bond acceptors (Lipinski definition) is 6. The van der Waals surface area contributed by atoms with Crippen molar-refractivity contribution in [3.05, 3.63) is 23.8 Å². The summed E-state index contributed by atoms with van der Waals surface area (Å²) in [5, 5.41) is 19.8. The third-order valence-corrected chi connectivity index (χ3v) is 2.78. The lowest BCUT2D eigenvalue weighted by molar-refractivity contribution is -0.147. The van der Waals surface area contributed by atoms with Crippen molar-refractivity contribution in [3.8, 4) is 11.5 Å². The lowest BCUT2D eigenvalue weighted by Crippen LogP contribution is -2.23. The van der Waals surface area contributed by atoms with Crippen LogP contribution in [-0.2, 0) is 9.53 Å². The first-order chi connectivity index (χ1) is 9.11. The highest BCUT2D eigenvalue weighted by Gasteiger charge is 2.24. The van der Waals surface area contributed by atoms with Gasteiger partial charge in [0.2, 0.25) is 6.79 Å². The Morgan fingerprint density at radius 2 is 2.11 bits per heavy atom. The van der Waals surface area contributed by atoms with Gasteiger partial charge in [-0.05, 0) is 24.6 Å². The topological polar surface area (TPSA) is 85.2 Å². The summed E-state index contributed by atoms with van der Waals surface area (Å²) in [4.78, 5) is 11.2. The van der Waals surface area contributed by atoms with Crippen LogP contribution >= 0.6 is 0 Å². The smallest absolute Gasteiger partial charge is 0.308 e. The van der Waals surface area contributed by atoms with E-state index in [1.165, 1.54) is 0 Å². The van der Waals surface area contributed by atoms with Crippen LogP contribution in [0.4, 0.5) is 0 Å². The van der Waals surface area contributed by atoms with Crippen molar-refractivity contribution in [2.45, 2.75) is 25.6 Å². The molecule has 1 heterocycles. The van der Waals surface area contributed by atoms with Gasteiger partial charge < -0.3 is 24.4 Å². The van der Waals surface area contributed by atoms with E-state index in [9.17, 15) is 15.0 Å². The molecule has 0 aliphatic carbocycles. The van der Waals surface area contributed by atoms with Gasteiger partial charge in [0.05, 0.1) is 19.1 Å². The van der Waals surface area contributed by atoms with Gasteiger partial charge in [-0.2, -0.15) is 0 Å². The zero-order valence-corrected chi connectivity index (χ0v) is 10.5. The third-order valence-electron chi connectivity index (χ3n) is 2.78. The summed E-state index contributed by atoms with van der Waals surface area (Å²) in [5.41, 5.74) is 0.459. The highest BCUT2D eigenvalue weighted by molar-refractivity contribution is 5.70. The number of carbonyl (C=O) groups is 1. The van der Waals surface area contributed by atoms with Crippen molar-refractivity contribution >= 4 is 5.97 Å². The second kappa shape index (κ2) is 5.90. The fourth-order valence-corrected chi connectivity index (χ4v) is 1.82. The van der Waals surface area contributed by atoms with E-state index in [4.69, 9.17) is 14.2 Å². The third kappa shape index (κ3) is 3.15. The van der Waals surface area contributed by atoms with Crippen LogP contribution in [0.1, 0.15) is 25.0 Å². The van der Waals surface area contributed by atoms with Crippen molar-refractivity contribution in [1.82, 2.24) is 0 Å². The summed E-state index contributed by atoms with van der Waals surface area (Å²) < 4.78 is 15.0. The Morgan fingerprint density at radius 3 is 2.84 bits per heavy atom. The Morgan fingerprint density at radius 1 is 1.37 bits per heavy atom. The Balaban J connectivity index is 2.02. The van der Waals surface area contributed by atoms with Crippen molar-refractivity contribution in [1.29, 1.82) is 0 Å². The minimum Gasteiger partial charge on any atom is -0.466 e. The van der Waals surface area contributed by atoms with E-state index < -0.39 is 18.2 Å². The minimum absolute atomic E-state index is 0.139. The minimum atomic E-state index is -1.22. The van der Waals surface area contributed by atoms with E-state index >= 15 is 0 Å². The van der Waals surface area contributed by atoms with Gasteiger partial charge in [0.1, 0.15) is 6.10 Å². The van der Waals surface area contributed by atoms with Gasteiger partial charge >= 0.3 is 5.97 Å². The monoisotopic (exact) mass is 268 g/mol. The second-order valence-corrected chi connectivity index (χ2v) is 4.13. The molecule has 0 saturated heterocycles. The SMILES string of the molecule is CCOC(=O)CC(O)C(O)c1ccc2c(c1)OCO2. The van der Waals surface area contributed by atoms with Crippen LogP contribution in [0, 0.1) is 0 Å². The Labute approximate surface area is 110 Å². The van der Waals surface area contributed by atoms with E-state index in [0.717, 1.165) is 0 Å². The first-order valence-corrected chi connectivity index (χ1v) is 6.03. The summed E-state index contributed by atoms with van der Waals surface area (Å²) in [7, 11) is 0. The molecular formula is C13H16O6. The fraction of sp³-hybridized carbons (Fsp3) is 0.462. The van der Waals surface area contributed by atoms with Gasteiger partial charge in [0.25, 0.3) is 0 Å². The lowest BCUT2D eigenvalue weighted by Gasteiger charge is -2.17. The lowest BCUT2D eigenvalue weighted by atomic mass is 10.0. The molecule has 2 N–H and O–H groups in total. The molecule has 1 aromatic rings. The molecule has 19 heavy (non-hydrogen) atoms. The highest BCUT2D eigenvalue weighted by atomic mass is 16.7. The second-order valence-electron chi connectivity index (χ2n) is 4.13. The molecule has 0 spiro atoms. The molecule has 1 aromatic carbocycles. The Bertz CT molecular complexity index is 458. The molecule has 1 aliphatic rings. The molecule has 0 aromatic heterocycles. The molecule has 0 amide bonds. The maximum Gasteiger partial charge on any atom is 0.308 e. The number of aliphatic hydroxyl groups excluding tert-OH is 2. The number of aliphatic hydroxyl groups is 2. The first-order valence-electron chi connectivity index (χ1n) is 6.03. The van der Waals surface area contributed by atoms with Crippen LogP contribution in [0.3, 0.4) is 0 Å². The molecule has 0 bridgehead atoms. The molecule has 6 nitrogen and oxygen atoms in total. The van der Waals surface area contributed by atoms with Crippen molar-refractivity contribution in [3.63, 3.8) is 0 Å². The van der Waals surface area contributed by atoms with E-state index in [-0.39, 0.29) is 19.8 Å². The number of fused-ring (bicyclic) bond motifs is 1. The number of carbonyl (C=O) groups excluding carboxylic acids is 1. The maximum absolute atomic E-state index is 11.2. The van der Waals surface area contributed by atoms with E-state index in [0.29, 0.717) is 17.1 Å². The van der Waals surface area contributed by atoms with Crippen LogP contribution < -0.4 is 9.47 Å². The summed E-state index contributed by atoms with van der Waals surface area (Å²) in [5.74, 6) is 0.561. The van der Waals surface area contributed by atoms with E-state index in [1.807, 2.05) is 0 Å². The van der Waals surface area contributed by atoms with Crippen LogP contribution in [-0.4, -0.2) is 35.7 Å². The van der Waals surface area contributed by atoms with Gasteiger partial charge in [0, 0.05) is 0 Å². The normalized spacial score (nSPS) is 15.9. The molecule has 1 aliphatic heterocycles. The molecule has 6 heteroatoms. The molecule has 0 saturated carbocycles. The largest absolute Gasteiger partial charge is 0.466 e. The van der Waals surface area contributed by atoms with Gasteiger partial charge in [-0.3, -0.25) is 4.79 Å². The number of rotatable bonds is 5.